The van der Waals surface area contributed by atoms with E-state index in [-0.39, 0.29) is 17.1 Å². The first-order valence-corrected chi connectivity index (χ1v) is 8.42. The van der Waals surface area contributed by atoms with Crippen molar-refractivity contribution in [1.29, 1.82) is 0 Å². The van der Waals surface area contributed by atoms with E-state index in [4.69, 9.17) is 15.2 Å². The highest BCUT2D eigenvalue weighted by Crippen LogP contribution is 2.35. The normalized spacial score (nSPS) is 27.2. The van der Waals surface area contributed by atoms with E-state index in [1.807, 2.05) is 0 Å². The van der Waals surface area contributed by atoms with Gasteiger partial charge < -0.3 is 39.2 Å². The lowest BCUT2D eigenvalue weighted by atomic mass is 10.1. The van der Waals surface area contributed by atoms with Gasteiger partial charge in [0, 0.05) is 7.11 Å². The molecular weight excluding hydrogens is 361 g/mol. The van der Waals surface area contributed by atoms with Crippen molar-refractivity contribution in [1.82, 2.24) is 19.5 Å². The zero-order valence-corrected chi connectivity index (χ0v) is 13.7. The molecule has 4 N–H and O–H groups in total. The number of aliphatic hydroxyl groups excluding tert-OH is 1. The SMILES string of the molecule is CO[C@H]1C(O)[C@@H](n2cnc3c(=O)[nH]c(N)nc32)O[C@H]1COP(=O)([O-])[O-]. The van der Waals surface area contributed by atoms with Crippen molar-refractivity contribution in [2.24, 2.45) is 0 Å². The highest BCUT2D eigenvalue weighted by atomic mass is 31.2. The number of phosphoric ester groups is 1. The number of hydrogen-bond acceptors (Lipinski definition) is 11. The fourth-order valence-electron chi connectivity index (χ4n) is 2.67. The summed E-state index contributed by atoms with van der Waals surface area (Å²) in [5.41, 5.74) is 4.96. The Hall–Kier alpha value is -1.86. The van der Waals surface area contributed by atoms with Gasteiger partial charge in [-0.05, 0) is 0 Å². The summed E-state index contributed by atoms with van der Waals surface area (Å²) in [5.74, 6) is -0.159. The molecule has 138 valence electrons. The minimum absolute atomic E-state index is 0.0257. The molecule has 0 radical (unpaired) electrons. The van der Waals surface area contributed by atoms with Gasteiger partial charge in [-0.1, -0.05) is 0 Å². The zero-order valence-electron chi connectivity index (χ0n) is 12.8. The molecule has 2 aromatic heterocycles. The molecule has 0 aliphatic carbocycles. The molecule has 3 rings (SSSR count). The van der Waals surface area contributed by atoms with Crippen molar-refractivity contribution in [2.45, 2.75) is 24.5 Å². The fraction of sp³-hybridized carbons (Fsp3) is 0.545. The molecule has 0 aromatic carbocycles. The van der Waals surface area contributed by atoms with Crippen LogP contribution in [0.15, 0.2) is 11.1 Å². The first-order chi connectivity index (χ1) is 11.7. The maximum atomic E-state index is 11.8. The van der Waals surface area contributed by atoms with Gasteiger partial charge in [-0.2, -0.15) is 4.98 Å². The topological polar surface area (TPSA) is 201 Å². The Morgan fingerprint density at radius 1 is 1.56 bits per heavy atom. The number of ether oxygens (including phenoxy) is 2. The Bertz CT molecular complexity index is 877. The lowest BCUT2D eigenvalue weighted by Crippen LogP contribution is -2.36. The van der Waals surface area contributed by atoms with Gasteiger partial charge in [-0.15, -0.1) is 0 Å². The number of imidazole rings is 1. The van der Waals surface area contributed by atoms with Gasteiger partial charge in [0.1, 0.15) is 18.3 Å². The van der Waals surface area contributed by atoms with Crippen LogP contribution in [0.25, 0.3) is 11.2 Å². The summed E-state index contributed by atoms with van der Waals surface area (Å²) in [5, 5.41) is 10.4. The highest BCUT2D eigenvalue weighted by molar-refractivity contribution is 7.43. The Labute approximate surface area is 139 Å². The lowest BCUT2D eigenvalue weighted by Gasteiger charge is -2.30. The Morgan fingerprint density at radius 3 is 2.92 bits per heavy atom. The number of nitrogens with one attached hydrogen (secondary N) is 1. The predicted molar refractivity (Wildman–Crippen MR) is 76.8 cm³/mol. The van der Waals surface area contributed by atoms with Crippen molar-refractivity contribution >= 4 is 24.9 Å². The maximum absolute atomic E-state index is 11.8. The molecular formula is C11H14N5O8P-2. The molecule has 4 atom stereocenters. The maximum Gasteiger partial charge on any atom is 0.280 e. The summed E-state index contributed by atoms with van der Waals surface area (Å²) in [4.78, 5) is 43.2. The van der Waals surface area contributed by atoms with Crippen molar-refractivity contribution in [3.8, 4) is 0 Å². The summed E-state index contributed by atoms with van der Waals surface area (Å²) in [6, 6.07) is 0. The minimum atomic E-state index is -5.22. The predicted octanol–water partition coefficient (Wildman–Crippen LogP) is -3.18. The lowest BCUT2D eigenvalue weighted by molar-refractivity contribution is -0.343. The number of aromatic amines is 1. The minimum Gasteiger partial charge on any atom is -0.790 e. The number of hydrogen-bond donors (Lipinski definition) is 3. The van der Waals surface area contributed by atoms with E-state index in [1.165, 1.54) is 18.0 Å². The average molecular weight is 375 g/mol. The number of phosphoric acid groups is 1. The van der Waals surface area contributed by atoms with Gasteiger partial charge in [-0.25, -0.2) is 4.98 Å². The number of nitrogens with two attached hydrogens (primary N) is 1. The molecule has 2 aromatic rings. The summed E-state index contributed by atoms with van der Waals surface area (Å²) >= 11 is 0. The van der Waals surface area contributed by atoms with E-state index < -0.39 is 44.5 Å². The van der Waals surface area contributed by atoms with Crippen LogP contribution in [-0.4, -0.2) is 56.7 Å². The second kappa shape index (κ2) is 6.46. The van der Waals surface area contributed by atoms with Crippen LogP contribution in [0.1, 0.15) is 6.23 Å². The molecule has 13 nitrogen and oxygen atoms in total. The molecule has 1 aliphatic rings. The molecule has 1 fully saturated rings. The molecule has 0 bridgehead atoms. The first-order valence-electron chi connectivity index (χ1n) is 6.96. The summed E-state index contributed by atoms with van der Waals surface area (Å²) in [6.45, 7) is -0.640. The monoisotopic (exact) mass is 375 g/mol. The summed E-state index contributed by atoms with van der Waals surface area (Å²) in [7, 11) is -3.95. The summed E-state index contributed by atoms with van der Waals surface area (Å²) in [6.07, 6.45) is -3.24. The van der Waals surface area contributed by atoms with Gasteiger partial charge in [0.15, 0.2) is 17.4 Å². The van der Waals surface area contributed by atoms with Crippen LogP contribution >= 0.6 is 7.82 Å². The molecule has 14 heteroatoms. The third-order valence-corrected chi connectivity index (χ3v) is 4.17. The first kappa shape index (κ1) is 17.9. The highest BCUT2D eigenvalue weighted by Gasteiger charge is 2.45. The molecule has 25 heavy (non-hydrogen) atoms. The molecule has 1 saturated heterocycles. The van der Waals surface area contributed by atoms with E-state index in [9.17, 15) is 24.3 Å². The fourth-order valence-corrected chi connectivity index (χ4v) is 3.00. The molecule has 0 saturated carbocycles. The van der Waals surface area contributed by atoms with E-state index >= 15 is 0 Å². The molecule has 0 amide bonds. The second-order valence-electron chi connectivity index (χ2n) is 5.27. The van der Waals surface area contributed by atoms with E-state index in [2.05, 4.69) is 19.5 Å². The van der Waals surface area contributed by atoms with Crippen LogP contribution in [0.5, 0.6) is 0 Å². The van der Waals surface area contributed by atoms with Crippen LogP contribution in [0, 0.1) is 0 Å². The number of nitrogen functional groups attached to an aromatic ring is 1. The van der Waals surface area contributed by atoms with Gasteiger partial charge in [0.25, 0.3) is 5.56 Å². The van der Waals surface area contributed by atoms with Crippen molar-refractivity contribution in [3.63, 3.8) is 0 Å². The van der Waals surface area contributed by atoms with E-state index in [0.717, 1.165) is 0 Å². The molecule has 1 unspecified atom stereocenters. The van der Waals surface area contributed by atoms with Crippen LogP contribution in [0.3, 0.4) is 0 Å². The number of methoxy groups -OCH3 is 1. The number of anilines is 1. The number of aromatic nitrogens is 4. The van der Waals surface area contributed by atoms with Crippen molar-refractivity contribution < 1.29 is 33.5 Å². The third kappa shape index (κ3) is 3.43. The zero-order chi connectivity index (χ0) is 18.4. The number of H-pyrrole nitrogens is 1. The van der Waals surface area contributed by atoms with Crippen LogP contribution in [0.4, 0.5) is 5.95 Å². The second-order valence-corrected chi connectivity index (χ2v) is 6.43. The van der Waals surface area contributed by atoms with Crippen molar-refractivity contribution in [3.05, 3.63) is 16.7 Å². The van der Waals surface area contributed by atoms with Crippen LogP contribution < -0.4 is 21.1 Å². The quantitative estimate of drug-likeness (QED) is 0.445. The number of aliphatic hydroxyl groups is 1. The van der Waals surface area contributed by atoms with Gasteiger partial charge >= 0.3 is 0 Å². The Balaban J connectivity index is 1.93. The van der Waals surface area contributed by atoms with Gasteiger partial charge in [0.05, 0.1) is 20.8 Å². The summed E-state index contributed by atoms with van der Waals surface area (Å²) < 4.78 is 26.7. The Morgan fingerprint density at radius 2 is 2.28 bits per heavy atom. The van der Waals surface area contributed by atoms with Crippen molar-refractivity contribution in [2.75, 3.05) is 19.5 Å². The average Bonchev–Trinajstić information content (AvgIpc) is 3.05. The molecule has 0 spiro atoms. The van der Waals surface area contributed by atoms with Crippen LogP contribution in [-0.2, 0) is 18.6 Å². The standard InChI is InChI=1S/C11H16N5O8P/c1-22-7-4(2-23-25(19,20)21)24-10(6(7)17)16-3-13-5-8(16)14-11(12)15-9(5)18/h3-4,6-7,10,17H,2H2,1H3,(H2,19,20,21)(H3,12,14,15,18)/p-2/t4-,6?,7+,10-/m0/s1. The van der Waals surface area contributed by atoms with E-state index in [1.54, 1.807) is 0 Å². The van der Waals surface area contributed by atoms with Crippen LogP contribution in [0.2, 0.25) is 0 Å². The number of rotatable bonds is 5. The van der Waals surface area contributed by atoms with Gasteiger partial charge in [-0.3, -0.25) is 14.3 Å². The largest absolute Gasteiger partial charge is 0.790 e. The number of nitrogens with zero attached hydrogens (tertiary/aromatic N) is 3. The third-order valence-electron chi connectivity index (χ3n) is 3.70. The smallest absolute Gasteiger partial charge is 0.280 e. The molecule has 3 heterocycles. The molecule has 1 aliphatic heterocycles. The van der Waals surface area contributed by atoms with E-state index in [0.29, 0.717) is 0 Å². The number of fused-ring (bicyclic) bond motifs is 1. The van der Waals surface area contributed by atoms with Gasteiger partial charge in [0.2, 0.25) is 5.95 Å². The Kier molecular flexibility index (Phi) is 4.64.